The first-order chi connectivity index (χ1) is 10.2. The summed E-state index contributed by atoms with van der Waals surface area (Å²) in [5.41, 5.74) is 9.06. The molecule has 0 bridgehead atoms. The summed E-state index contributed by atoms with van der Waals surface area (Å²) < 4.78 is 0. The highest BCUT2D eigenvalue weighted by molar-refractivity contribution is 6.01. The van der Waals surface area contributed by atoms with E-state index >= 15 is 0 Å². The van der Waals surface area contributed by atoms with Crippen LogP contribution in [0.4, 0.5) is 5.69 Å². The summed E-state index contributed by atoms with van der Waals surface area (Å²) in [5.74, 6) is 0.0843. The van der Waals surface area contributed by atoms with Gasteiger partial charge in [0, 0.05) is 28.9 Å². The van der Waals surface area contributed by atoms with Crippen molar-refractivity contribution in [1.82, 2.24) is 10.2 Å². The number of rotatable bonds is 1. The van der Waals surface area contributed by atoms with E-state index in [4.69, 9.17) is 5.73 Å². The zero-order chi connectivity index (χ0) is 14.4. The molecule has 2 aromatic carbocycles. The Morgan fingerprint density at radius 3 is 2.57 bits per heavy atom. The number of nitrogens with zero attached hydrogens (tertiary/aromatic N) is 1. The van der Waals surface area contributed by atoms with Crippen LogP contribution in [0.1, 0.15) is 27.9 Å². The van der Waals surface area contributed by atoms with E-state index < -0.39 is 5.66 Å². The highest BCUT2D eigenvalue weighted by atomic mass is 16.2. The van der Waals surface area contributed by atoms with Gasteiger partial charge in [0.1, 0.15) is 5.66 Å². The minimum Gasteiger partial charge on any atom is -0.398 e. The fourth-order valence-electron chi connectivity index (χ4n) is 3.61. The highest BCUT2D eigenvalue weighted by Gasteiger charge is 2.52. The Labute approximate surface area is 123 Å². The summed E-state index contributed by atoms with van der Waals surface area (Å²) in [6, 6.07) is 15.6. The molecule has 1 atom stereocenters. The van der Waals surface area contributed by atoms with Crippen molar-refractivity contribution in [2.45, 2.75) is 12.1 Å². The van der Waals surface area contributed by atoms with Gasteiger partial charge in [0.2, 0.25) is 0 Å². The Balaban J connectivity index is 2.03. The Morgan fingerprint density at radius 1 is 1.05 bits per heavy atom. The lowest BCUT2D eigenvalue weighted by atomic mass is 9.88. The van der Waals surface area contributed by atoms with Crippen LogP contribution in [0.3, 0.4) is 0 Å². The summed E-state index contributed by atoms with van der Waals surface area (Å²) in [4.78, 5) is 14.7. The first-order valence-corrected chi connectivity index (χ1v) is 7.26. The Morgan fingerprint density at radius 2 is 1.76 bits per heavy atom. The van der Waals surface area contributed by atoms with E-state index in [0.717, 1.165) is 36.2 Å². The molecule has 0 saturated carbocycles. The summed E-state index contributed by atoms with van der Waals surface area (Å²) in [5, 5.41) is 3.56. The second kappa shape index (κ2) is 4.33. The average Bonchev–Trinajstić information content (AvgIpc) is 2.79. The molecule has 0 radical (unpaired) electrons. The van der Waals surface area contributed by atoms with Crippen LogP contribution in [-0.2, 0) is 5.66 Å². The standard InChI is InChI=1S/C17H17N3O/c18-15-9-4-3-8-14(15)17-13-7-2-1-6-12(13)16(21)20(17)11-5-10-19-17/h1-4,6-9,19H,5,10-11,18H2/t17-/m0/s1. The third-order valence-corrected chi connectivity index (χ3v) is 4.49. The second-order valence-electron chi connectivity index (χ2n) is 5.58. The van der Waals surface area contributed by atoms with E-state index in [-0.39, 0.29) is 5.91 Å². The molecule has 0 aromatic heterocycles. The lowest BCUT2D eigenvalue weighted by molar-refractivity contribution is 0.0459. The van der Waals surface area contributed by atoms with E-state index in [1.165, 1.54) is 0 Å². The molecule has 2 aromatic rings. The quantitative estimate of drug-likeness (QED) is 0.784. The zero-order valence-corrected chi connectivity index (χ0v) is 11.7. The van der Waals surface area contributed by atoms with E-state index in [1.807, 2.05) is 53.4 Å². The largest absolute Gasteiger partial charge is 0.398 e. The molecule has 0 unspecified atom stereocenters. The fourth-order valence-corrected chi connectivity index (χ4v) is 3.61. The molecule has 1 saturated heterocycles. The maximum absolute atomic E-state index is 12.8. The summed E-state index contributed by atoms with van der Waals surface area (Å²) in [6.07, 6.45) is 0.953. The number of fused-ring (bicyclic) bond motifs is 3. The van der Waals surface area contributed by atoms with Crippen LogP contribution in [0.15, 0.2) is 48.5 Å². The molecule has 4 nitrogen and oxygen atoms in total. The molecule has 106 valence electrons. The van der Waals surface area contributed by atoms with Crippen molar-refractivity contribution >= 4 is 11.6 Å². The van der Waals surface area contributed by atoms with E-state index in [2.05, 4.69) is 5.32 Å². The smallest absolute Gasteiger partial charge is 0.256 e. The minimum absolute atomic E-state index is 0.0843. The van der Waals surface area contributed by atoms with Crippen molar-refractivity contribution in [1.29, 1.82) is 0 Å². The van der Waals surface area contributed by atoms with Gasteiger partial charge in [-0.15, -0.1) is 0 Å². The Kier molecular flexibility index (Phi) is 2.56. The topological polar surface area (TPSA) is 58.4 Å². The van der Waals surface area contributed by atoms with Crippen molar-refractivity contribution in [3.8, 4) is 0 Å². The number of nitrogens with two attached hydrogens (primary N) is 1. The van der Waals surface area contributed by atoms with Gasteiger partial charge in [0.05, 0.1) is 0 Å². The van der Waals surface area contributed by atoms with E-state index in [0.29, 0.717) is 5.69 Å². The van der Waals surface area contributed by atoms with Gasteiger partial charge >= 0.3 is 0 Å². The Bertz CT molecular complexity index is 727. The lowest BCUT2D eigenvalue weighted by Crippen LogP contribution is -2.59. The third-order valence-electron chi connectivity index (χ3n) is 4.49. The first kappa shape index (κ1) is 12.4. The van der Waals surface area contributed by atoms with Gasteiger partial charge in [-0.2, -0.15) is 0 Å². The second-order valence-corrected chi connectivity index (χ2v) is 5.58. The molecule has 1 amide bonds. The average molecular weight is 279 g/mol. The third kappa shape index (κ3) is 1.51. The van der Waals surface area contributed by atoms with E-state index in [9.17, 15) is 4.79 Å². The molecule has 4 rings (SSSR count). The molecule has 4 heteroatoms. The van der Waals surface area contributed by atoms with Gasteiger partial charge in [0.15, 0.2) is 0 Å². The van der Waals surface area contributed by atoms with E-state index in [1.54, 1.807) is 0 Å². The number of hydrogen-bond acceptors (Lipinski definition) is 3. The monoisotopic (exact) mass is 279 g/mol. The van der Waals surface area contributed by atoms with Crippen molar-refractivity contribution in [3.05, 3.63) is 65.2 Å². The number of amides is 1. The van der Waals surface area contributed by atoms with Crippen LogP contribution in [0, 0.1) is 0 Å². The Hall–Kier alpha value is -2.33. The van der Waals surface area contributed by atoms with Crippen LogP contribution >= 0.6 is 0 Å². The molecule has 21 heavy (non-hydrogen) atoms. The van der Waals surface area contributed by atoms with Crippen LogP contribution in [0.5, 0.6) is 0 Å². The molecule has 3 N–H and O–H groups in total. The van der Waals surface area contributed by atoms with Crippen molar-refractivity contribution in [3.63, 3.8) is 0 Å². The minimum atomic E-state index is -0.614. The number of hydrogen-bond donors (Lipinski definition) is 2. The van der Waals surface area contributed by atoms with Crippen LogP contribution in [-0.4, -0.2) is 23.9 Å². The van der Waals surface area contributed by atoms with Gasteiger partial charge in [-0.1, -0.05) is 36.4 Å². The van der Waals surface area contributed by atoms with Gasteiger partial charge in [-0.05, 0) is 25.1 Å². The van der Waals surface area contributed by atoms with Gasteiger partial charge in [-0.25, -0.2) is 0 Å². The van der Waals surface area contributed by atoms with Crippen molar-refractivity contribution in [2.75, 3.05) is 18.8 Å². The SMILES string of the molecule is Nc1ccccc1[C@@]12NCCCN1C(=O)c1ccccc12. The summed E-state index contributed by atoms with van der Waals surface area (Å²) >= 11 is 0. The molecular formula is C17H17N3O. The molecule has 1 fully saturated rings. The molecule has 2 heterocycles. The number of carbonyl (C=O) groups is 1. The van der Waals surface area contributed by atoms with Crippen LogP contribution in [0.2, 0.25) is 0 Å². The predicted molar refractivity (Wildman–Crippen MR) is 81.7 cm³/mol. The lowest BCUT2D eigenvalue weighted by Gasteiger charge is -2.44. The maximum atomic E-state index is 12.8. The van der Waals surface area contributed by atoms with Gasteiger partial charge < -0.3 is 10.6 Å². The predicted octanol–water partition coefficient (Wildman–Crippen LogP) is 1.92. The first-order valence-electron chi connectivity index (χ1n) is 7.26. The number of para-hydroxylation sites is 1. The molecule has 2 aliphatic rings. The summed E-state index contributed by atoms with van der Waals surface area (Å²) in [6.45, 7) is 1.61. The van der Waals surface area contributed by atoms with Crippen LogP contribution < -0.4 is 11.1 Å². The number of nitrogen functional groups attached to an aromatic ring is 1. The fraction of sp³-hybridized carbons (Fsp3) is 0.235. The highest BCUT2D eigenvalue weighted by Crippen LogP contribution is 2.45. The number of carbonyl (C=O) groups excluding carboxylic acids is 1. The maximum Gasteiger partial charge on any atom is 0.256 e. The molecule has 0 spiro atoms. The normalized spacial score (nSPS) is 23.8. The number of benzene rings is 2. The van der Waals surface area contributed by atoms with Crippen molar-refractivity contribution in [2.24, 2.45) is 0 Å². The zero-order valence-electron chi connectivity index (χ0n) is 11.7. The van der Waals surface area contributed by atoms with Crippen molar-refractivity contribution < 1.29 is 4.79 Å². The van der Waals surface area contributed by atoms with Crippen LogP contribution in [0.25, 0.3) is 0 Å². The van der Waals surface area contributed by atoms with Gasteiger partial charge in [-0.3, -0.25) is 10.1 Å². The molecule has 2 aliphatic heterocycles. The molecular weight excluding hydrogens is 262 g/mol. The summed E-state index contributed by atoms with van der Waals surface area (Å²) in [7, 11) is 0. The number of anilines is 1. The van der Waals surface area contributed by atoms with Gasteiger partial charge in [0.25, 0.3) is 5.91 Å². The molecule has 0 aliphatic carbocycles. The number of nitrogens with one attached hydrogen (secondary N) is 1.